The van der Waals surface area contributed by atoms with Crippen LogP contribution in [0.15, 0.2) is 36.5 Å². The summed E-state index contributed by atoms with van der Waals surface area (Å²) in [7, 11) is 0. The third kappa shape index (κ3) is 3.31. The number of benzene rings is 1. The van der Waals surface area contributed by atoms with Gasteiger partial charge in [-0.25, -0.2) is 4.79 Å². The van der Waals surface area contributed by atoms with Crippen molar-refractivity contribution in [3.05, 3.63) is 42.1 Å². The number of anilines is 1. The topological polar surface area (TPSA) is 41.1 Å². The highest BCUT2D eigenvalue weighted by molar-refractivity contribution is 5.90. The Morgan fingerprint density at radius 1 is 1.29 bits per heavy atom. The van der Waals surface area contributed by atoms with Gasteiger partial charge in [0.2, 0.25) is 0 Å². The second-order valence-electron chi connectivity index (χ2n) is 3.23. The van der Waals surface area contributed by atoms with Crippen LogP contribution in [0.4, 0.5) is 10.5 Å². The van der Waals surface area contributed by atoms with E-state index in [-0.39, 0.29) is 6.03 Å². The number of urea groups is 1. The molecule has 1 rings (SSSR count). The van der Waals surface area contributed by atoms with Crippen LogP contribution in [0.3, 0.4) is 0 Å². The van der Waals surface area contributed by atoms with Crippen LogP contribution in [0.1, 0.15) is 12.5 Å². The van der Waals surface area contributed by atoms with Crippen LogP contribution in [0.5, 0.6) is 0 Å². The molecule has 14 heavy (non-hydrogen) atoms. The lowest BCUT2D eigenvalue weighted by molar-refractivity contribution is 0.254. The summed E-state index contributed by atoms with van der Waals surface area (Å²) < 4.78 is 0. The van der Waals surface area contributed by atoms with Gasteiger partial charge in [-0.3, -0.25) is 0 Å². The molecule has 0 saturated carbocycles. The fourth-order valence-corrected chi connectivity index (χ4v) is 0.993. The minimum Gasteiger partial charge on any atom is -0.312 e. The van der Waals surface area contributed by atoms with Gasteiger partial charge in [0.15, 0.2) is 0 Å². The van der Waals surface area contributed by atoms with Gasteiger partial charge in [0.05, 0.1) is 0 Å². The molecule has 2 N–H and O–H groups in total. The number of rotatable bonds is 2. The van der Waals surface area contributed by atoms with Crippen molar-refractivity contribution in [2.45, 2.75) is 13.8 Å². The number of aryl methyl sites for hydroxylation is 1. The lowest BCUT2D eigenvalue weighted by atomic mass is 10.2. The lowest BCUT2D eigenvalue weighted by Gasteiger charge is -2.06. The minimum atomic E-state index is -0.263. The van der Waals surface area contributed by atoms with Crippen LogP contribution < -0.4 is 10.6 Å². The summed E-state index contributed by atoms with van der Waals surface area (Å²) in [5.41, 5.74) is 2.56. The molecule has 0 fully saturated rings. The summed E-state index contributed by atoms with van der Waals surface area (Å²) in [6.45, 7) is 7.31. The van der Waals surface area contributed by atoms with Crippen molar-refractivity contribution in [3.8, 4) is 0 Å². The van der Waals surface area contributed by atoms with E-state index in [4.69, 9.17) is 0 Å². The molecule has 0 aliphatic heterocycles. The van der Waals surface area contributed by atoms with E-state index in [0.717, 1.165) is 11.3 Å². The molecular weight excluding hydrogens is 176 g/mol. The summed E-state index contributed by atoms with van der Waals surface area (Å²) in [5.74, 6) is 0. The first-order valence-electron chi connectivity index (χ1n) is 4.38. The normalized spacial score (nSPS) is 9.29. The van der Waals surface area contributed by atoms with Crippen LogP contribution in [0.25, 0.3) is 0 Å². The molecule has 0 aromatic heterocycles. The van der Waals surface area contributed by atoms with E-state index in [9.17, 15) is 4.79 Å². The van der Waals surface area contributed by atoms with Gasteiger partial charge in [0.25, 0.3) is 0 Å². The average Bonchev–Trinajstić information content (AvgIpc) is 2.07. The SMILES string of the molecule is C=C(C)NC(=O)Nc1ccc(C)cc1. The van der Waals surface area contributed by atoms with Gasteiger partial charge in [-0.05, 0) is 26.0 Å². The first-order valence-corrected chi connectivity index (χ1v) is 4.38. The number of amides is 2. The molecule has 0 radical (unpaired) electrons. The fraction of sp³-hybridized carbons (Fsp3) is 0.182. The summed E-state index contributed by atoms with van der Waals surface area (Å²) in [6, 6.07) is 7.33. The molecule has 0 unspecified atom stereocenters. The maximum absolute atomic E-state index is 11.2. The van der Waals surface area contributed by atoms with Gasteiger partial charge >= 0.3 is 6.03 Å². The van der Waals surface area contributed by atoms with Gasteiger partial charge in [0.1, 0.15) is 0 Å². The maximum atomic E-state index is 11.2. The van der Waals surface area contributed by atoms with Crippen molar-refractivity contribution in [2.24, 2.45) is 0 Å². The van der Waals surface area contributed by atoms with Crippen molar-refractivity contribution in [2.75, 3.05) is 5.32 Å². The van der Waals surface area contributed by atoms with E-state index in [0.29, 0.717) is 5.70 Å². The van der Waals surface area contributed by atoms with Gasteiger partial charge in [-0.15, -0.1) is 0 Å². The average molecular weight is 190 g/mol. The second kappa shape index (κ2) is 4.46. The standard InChI is InChI=1S/C11H14N2O/c1-8(2)12-11(14)13-10-6-4-9(3)5-7-10/h4-7H,1H2,2-3H3,(H2,12,13,14). The molecular formula is C11H14N2O. The molecule has 3 nitrogen and oxygen atoms in total. The quantitative estimate of drug-likeness (QED) is 0.739. The van der Waals surface area contributed by atoms with Crippen molar-refractivity contribution in [3.63, 3.8) is 0 Å². The third-order valence-electron chi connectivity index (χ3n) is 1.64. The van der Waals surface area contributed by atoms with E-state index in [1.54, 1.807) is 6.92 Å². The molecule has 1 aromatic carbocycles. The Labute approximate surface area is 83.8 Å². The van der Waals surface area contributed by atoms with E-state index in [1.807, 2.05) is 31.2 Å². The Morgan fingerprint density at radius 2 is 1.86 bits per heavy atom. The van der Waals surface area contributed by atoms with Crippen LogP contribution in [0.2, 0.25) is 0 Å². The highest BCUT2D eigenvalue weighted by Crippen LogP contribution is 2.08. The zero-order valence-electron chi connectivity index (χ0n) is 8.42. The molecule has 3 heteroatoms. The summed E-state index contributed by atoms with van der Waals surface area (Å²) in [4.78, 5) is 11.2. The molecule has 0 aliphatic carbocycles. The maximum Gasteiger partial charge on any atom is 0.323 e. The van der Waals surface area contributed by atoms with Gasteiger partial charge in [-0.2, -0.15) is 0 Å². The Bertz CT molecular complexity index is 341. The van der Waals surface area contributed by atoms with Gasteiger partial charge in [0, 0.05) is 11.4 Å². The van der Waals surface area contributed by atoms with Crippen molar-refractivity contribution in [1.82, 2.24) is 5.32 Å². The zero-order chi connectivity index (χ0) is 10.6. The number of hydrogen-bond donors (Lipinski definition) is 2. The van der Waals surface area contributed by atoms with Crippen LogP contribution in [0, 0.1) is 6.92 Å². The number of allylic oxidation sites excluding steroid dienone is 1. The Morgan fingerprint density at radius 3 is 2.36 bits per heavy atom. The number of carbonyl (C=O) groups excluding carboxylic acids is 1. The first-order chi connectivity index (χ1) is 6.58. The van der Waals surface area contributed by atoms with Crippen molar-refractivity contribution >= 4 is 11.7 Å². The second-order valence-corrected chi connectivity index (χ2v) is 3.23. The zero-order valence-corrected chi connectivity index (χ0v) is 8.42. The minimum absolute atomic E-state index is 0.263. The predicted molar refractivity (Wildman–Crippen MR) is 58.1 cm³/mol. The molecule has 74 valence electrons. The Balaban J connectivity index is 2.56. The fourth-order valence-electron chi connectivity index (χ4n) is 0.993. The lowest BCUT2D eigenvalue weighted by Crippen LogP contribution is -2.26. The van der Waals surface area contributed by atoms with Crippen LogP contribution in [-0.2, 0) is 0 Å². The third-order valence-corrected chi connectivity index (χ3v) is 1.64. The number of carbonyl (C=O) groups is 1. The number of nitrogens with one attached hydrogen (secondary N) is 2. The monoisotopic (exact) mass is 190 g/mol. The number of hydrogen-bond acceptors (Lipinski definition) is 1. The van der Waals surface area contributed by atoms with E-state index >= 15 is 0 Å². The Kier molecular flexibility index (Phi) is 3.29. The molecule has 0 aliphatic rings. The molecule has 0 spiro atoms. The summed E-state index contributed by atoms with van der Waals surface area (Å²) in [5, 5.41) is 5.25. The van der Waals surface area contributed by atoms with Gasteiger partial charge < -0.3 is 10.6 Å². The van der Waals surface area contributed by atoms with Crippen molar-refractivity contribution < 1.29 is 4.79 Å². The smallest absolute Gasteiger partial charge is 0.312 e. The van der Waals surface area contributed by atoms with Crippen molar-refractivity contribution in [1.29, 1.82) is 0 Å². The van der Waals surface area contributed by atoms with Gasteiger partial charge in [-0.1, -0.05) is 24.3 Å². The first kappa shape index (κ1) is 10.3. The van der Waals surface area contributed by atoms with E-state index < -0.39 is 0 Å². The van der Waals surface area contributed by atoms with Crippen LogP contribution in [-0.4, -0.2) is 6.03 Å². The Hall–Kier alpha value is -1.77. The largest absolute Gasteiger partial charge is 0.323 e. The van der Waals surface area contributed by atoms with E-state index in [1.165, 1.54) is 0 Å². The van der Waals surface area contributed by atoms with Crippen LogP contribution >= 0.6 is 0 Å². The molecule has 0 atom stereocenters. The summed E-state index contributed by atoms with van der Waals surface area (Å²) >= 11 is 0. The molecule has 0 bridgehead atoms. The molecule has 2 amide bonds. The summed E-state index contributed by atoms with van der Waals surface area (Å²) in [6.07, 6.45) is 0. The predicted octanol–water partition coefficient (Wildman–Crippen LogP) is 2.65. The molecule has 0 heterocycles. The highest BCUT2D eigenvalue weighted by atomic mass is 16.2. The molecule has 1 aromatic rings. The van der Waals surface area contributed by atoms with E-state index in [2.05, 4.69) is 17.2 Å². The molecule has 0 saturated heterocycles. The highest BCUT2D eigenvalue weighted by Gasteiger charge is 1.99.